The summed E-state index contributed by atoms with van der Waals surface area (Å²) >= 11 is 6.03. The predicted octanol–water partition coefficient (Wildman–Crippen LogP) is 4.65. The molecule has 1 fully saturated rings. The molecule has 1 saturated carbocycles. The topological polar surface area (TPSA) is 55.6 Å². The van der Waals surface area contributed by atoms with Crippen LogP contribution in [-0.4, -0.2) is 36.2 Å². The quantitative estimate of drug-likeness (QED) is 0.710. The van der Waals surface area contributed by atoms with Gasteiger partial charge in [-0.15, -0.1) is 0 Å². The van der Waals surface area contributed by atoms with Gasteiger partial charge in [-0.1, -0.05) is 28.9 Å². The van der Waals surface area contributed by atoms with Gasteiger partial charge in [0.05, 0.1) is 0 Å². The number of hydrogen-bond acceptors (Lipinski definition) is 5. The Balaban J connectivity index is 1.59. The van der Waals surface area contributed by atoms with Crippen molar-refractivity contribution in [1.82, 2.24) is 10.1 Å². The summed E-state index contributed by atoms with van der Waals surface area (Å²) in [6.07, 6.45) is 3.71. The number of hydrogen-bond donors (Lipinski definition) is 0. The van der Waals surface area contributed by atoms with Crippen LogP contribution in [0.5, 0.6) is 0 Å². The molecule has 0 amide bonds. The van der Waals surface area contributed by atoms with Gasteiger partial charge in [-0.3, -0.25) is 0 Å². The van der Waals surface area contributed by atoms with Crippen LogP contribution in [-0.2, 0) is 4.74 Å². The first-order valence-corrected chi connectivity index (χ1v) is 9.38. The lowest BCUT2D eigenvalue weighted by Gasteiger charge is -2.37. The Morgan fingerprint density at radius 3 is 2.42 bits per heavy atom. The van der Waals surface area contributed by atoms with Crippen LogP contribution in [0.15, 0.2) is 34.9 Å². The fraction of sp³-hybridized carbons (Fsp3) is 0.500. The van der Waals surface area contributed by atoms with Crippen LogP contribution in [0.3, 0.4) is 0 Å². The molecule has 1 atom stereocenters. The summed E-state index contributed by atoms with van der Waals surface area (Å²) in [6.45, 7) is 1.76. The maximum absolute atomic E-state index is 12.1. The van der Waals surface area contributed by atoms with Crippen molar-refractivity contribution in [3.8, 4) is 0 Å². The summed E-state index contributed by atoms with van der Waals surface area (Å²) in [4.78, 5) is 14.4. The zero-order chi connectivity index (χ0) is 18.7. The molecular weight excluding hydrogens is 352 g/mol. The maximum Gasteiger partial charge on any atom is 0.360 e. The Labute approximate surface area is 159 Å². The Bertz CT molecular complexity index is 734. The zero-order valence-electron chi connectivity index (χ0n) is 15.4. The van der Waals surface area contributed by atoms with Gasteiger partial charge in [-0.25, -0.2) is 4.79 Å². The van der Waals surface area contributed by atoms with Gasteiger partial charge in [0.25, 0.3) is 0 Å². The minimum atomic E-state index is -0.396. The molecule has 1 aliphatic carbocycles. The first-order valence-electron chi connectivity index (χ1n) is 9.00. The average Bonchev–Trinajstić information content (AvgIpc) is 3.05. The molecule has 2 aromatic rings. The van der Waals surface area contributed by atoms with Crippen molar-refractivity contribution in [3.63, 3.8) is 0 Å². The van der Waals surface area contributed by atoms with Gasteiger partial charge in [0, 0.05) is 17.1 Å². The normalized spacial score (nSPS) is 21.6. The molecular formula is C20H25ClN2O3. The highest BCUT2D eigenvalue weighted by Gasteiger charge is 2.31. The van der Waals surface area contributed by atoms with E-state index in [0.29, 0.717) is 17.7 Å². The standard InChI is InChI=1S/C20H25ClN2O3/c1-13-12-18(22-26-13)20(24)25-17-10-6-15(7-11-17)19(23(2)3)14-4-8-16(21)9-5-14/h4-5,8-9,12,15,17,19H,6-7,10-11H2,1-3H3. The van der Waals surface area contributed by atoms with E-state index < -0.39 is 5.97 Å². The van der Waals surface area contributed by atoms with E-state index >= 15 is 0 Å². The minimum absolute atomic E-state index is 0.0520. The van der Waals surface area contributed by atoms with E-state index in [1.165, 1.54) is 5.56 Å². The minimum Gasteiger partial charge on any atom is -0.458 e. The summed E-state index contributed by atoms with van der Waals surface area (Å²) in [5.41, 5.74) is 1.52. The van der Waals surface area contributed by atoms with Crippen molar-refractivity contribution in [2.45, 2.75) is 44.8 Å². The molecule has 1 heterocycles. The van der Waals surface area contributed by atoms with E-state index in [-0.39, 0.29) is 11.8 Å². The monoisotopic (exact) mass is 376 g/mol. The molecule has 0 aliphatic heterocycles. The van der Waals surface area contributed by atoms with Crippen LogP contribution >= 0.6 is 11.6 Å². The maximum atomic E-state index is 12.1. The lowest BCUT2D eigenvalue weighted by Crippen LogP contribution is -2.33. The Morgan fingerprint density at radius 1 is 1.23 bits per heavy atom. The summed E-state index contributed by atoms with van der Waals surface area (Å²) in [7, 11) is 4.22. The second kappa shape index (κ2) is 8.23. The average molecular weight is 377 g/mol. The Hall–Kier alpha value is -1.85. The zero-order valence-corrected chi connectivity index (χ0v) is 16.2. The molecule has 0 saturated heterocycles. The number of carbonyl (C=O) groups is 1. The molecule has 26 heavy (non-hydrogen) atoms. The van der Waals surface area contributed by atoms with E-state index in [2.05, 4.69) is 36.3 Å². The molecule has 1 aromatic carbocycles. The van der Waals surface area contributed by atoms with Crippen LogP contribution < -0.4 is 0 Å². The molecule has 0 radical (unpaired) electrons. The van der Waals surface area contributed by atoms with Crippen molar-refractivity contribution in [2.24, 2.45) is 5.92 Å². The fourth-order valence-corrected chi connectivity index (χ4v) is 3.97. The van der Waals surface area contributed by atoms with Gasteiger partial charge in [0.2, 0.25) is 0 Å². The fourth-order valence-electron chi connectivity index (χ4n) is 3.85. The number of nitrogens with zero attached hydrogens (tertiary/aromatic N) is 2. The third kappa shape index (κ3) is 4.46. The molecule has 0 spiro atoms. The first kappa shape index (κ1) is 18.9. The van der Waals surface area contributed by atoms with Crippen molar-refractivity contribution in [2.75, 3.05) is 14.1 Å². The van der Waals surface area contributed by atoms with E-state index in [1.807, 2.05) is 12.1 Å². The van der Waals surface area contributed by atoms with Crippen LogP contribution in [0.25, 0.3) is 0 Å². The molecule has 0 bridgehead atoms. The van der Waals surface area contributed by atoms with Crippen molar-refractivity contribution < 1.29 is 14.1 Å². The van der Waals surface area contributed by atoms with E-state index in [0.717, 1.165) is 30.7 Å². The van der Waals surface area contributed by atoms with E-state index in [4.69, 9.17) is 20.9 Å². The lowest BCUT2D eigenvalue weighted by molar-refractivity contribution is 0.0102. The molecule has 3 rings (SSSR count). The van der Waals surface area contributed by atoms with Gasteiger partial charge in [0.1, 0.15) is 11.9 Å². The number of carbonyl (C=O) groups excluding carboxylic acids is 1. The molecule has 1 aliphatic rings. The molecule has 1 aromatic heterocycles. The second-order valence-corrected chi connectivity index (χ2v) is 7.66. The van der Waals surface area contributed by atoms with Gasteiger partial charge in [-0.05, 0) is 70.3 Å². The van der Waals surface area contributed by atoms with Crippen LogP contribution in [0.4, 0.5) is 0 Å². The highest BCUT2D eigenvalue weighted by molar-refractivity contribution is 6.30. The van der Waals surface area contributed by atoms with Gasteiger partial charge in [0.15, 0.2) is 5.69 Å². The SMILES string of the molecule is Cc1cc(C(=O)OC2CCC(C(c3ccc(Cl)cc3)N(C)C)CC2)no1. The molecule has 5 nitrogen and oxygen atoms in total. The third-order valence-corrected chi connectivity index (χ3v) is 5.30. The summed E-state index contributed by atoms with van der Waals surface area (Å²) in [5, 5.41) is 4.48. The molecule has 6 heteroatoms. The van der Waals surface area contributed by atoms with Crippen molar-refractivity contribution in [1.29, 1.82) is 0 Å². The van der Waals surface area contributed by atoms with Gasteiger partial charge in [-0.2, -0.15) is 0 Å². The smallest absolute Gasteiger partial charge is 0.360 e. The summed E-state index contributed by atoms with van der Waals surface area (Å²) in [5.74, 6) is 0.736. The van der Waals surface area contributed by atoms with Crippen LogP contribution in [0.1, 0.15) is 53.5 Å². The highest BCUT2D eigenvalue weighted by atomic mass is 35.5. The van der Waals surface area contributed by atoms with E-state index in [1.54, 1.807) is 13.0 Å². The lowest BCUT2D eigenvalue weighted by atomic mass is 9.79. The van der Waals surface area contributed by atoms with Gasteiger partial charge >= 0.3 is 5.97 Å². The number of aryl methyl sites for hydroxylation is 1. The number of ether oxygens (including phenoxy) is 1. The molecule has 140 valence electrons. The predicted molar refractivity (Wildman–Crippen MR) is 100 cm³/mol. The summed E-state index contributed by atoms with van der Waals surface area (Å²) in [6, 6.07) is 10.0. The largest absolute Gasteiger partial charge is 0.458 e. The number of aromatic nitrogens is 1. The summed E-state index contributed by atoms with van der Waals surface area (Å²) < 4.78 is 10.5. The number of esters is 1. The molecule has 1 unspecified atom stereocenters. The van der Waals surface area contributed by atoms with Crippen LogP contribution in [0.2, 0.25) is 5.02 Å². The molecule has 0 N–H and O–H groups in total. The Kier molecular flexibility index (Phi) is 5.99. The van der Waals surface area contributed by atoms with Crippen molar-refractivity contribution >= 4 is 17.6 Å². The van der Waals surface area contributed by atoms with Crippen molar-refractivity contribution in [3.05, 3.63) is 52.4 Å². The third-order valence-electron chi connectivity index (χ3n) is 5.04. The first-order chi connectivity index (χ1) is 12.4. The van der Waals surface area contributed by atoms with Crippen LogP contribution in [0, 0.1) is 12.8 Å². The highest BCUT2D eigenvalue weighted by Crippen LogP contribution is 2.38. The van der Waals surface area contributed by atoms with E-state index in [9.17, 15) is 4.79 Å². The van der Waals surface area contributed by atoms with Gasteiger partial charge < -0.3 is 14.2 Å². The second-order valence-electron chi connectivity index (χ2n) is 7.22. The Morgan fingerprint density at radius 2 is 1.88 bits per heavy atom. The number of rotatable bonds is 5. The number of benzene rings is 1. The number of halogens is 1.